The molecular weight excluding hydrogens is 633 g/mol. The predicted molar refractivity (Wildman–Crippen MR) is 216 cm³/mol. The molecule has 5 heteroatoms. The number of ether oxygens (including phenoxy) is 3. The van der Waals surface area contributed by atoms with E-state index >= 15 is 0 Å². The first kappa shape index (κ1) is 47.1. The van der Waals surface area contributed by atoms with Crippen LogP contribution in [0.1, 0.15) is 225 Å². The lowest BCUT2D eigenvalue weighted by Gasteiger charge is -2.18. The molecule has 1 unspecified atom stereocenters. The maximum Gasteiger partial charge on any atom is 0.306 e. The summed E-state index contributed by atoms with van der Waals surface area (Å²) in [7, 11) is 0. The van der Waals surface area contributed by atoms with Crippen LogP contribution in [0, 0.1) is 0 Å². The van der Waals surface area contributed by atoms with Gasteiger partial charge in [0.05, 0.1) is 13.2 Å². The standard InChI is InChI=1S/C46H82O5/c1-3-5-7-9-11-13-15-17-19-21-23-25-27-29-34-38-45(47)50-42-44(41-49-40-43-36-32-31-33-37-43)51-46(48)39-35-30-28-26-24-22-20-18-16-14-12-10-8-6-4-2/h31-33,36-37,44H,3-30,34-35,38-42H2,1-2H3. The highest BCUT2D eigenvalue weighted by atomic mass is 16.6. The van der Waals surface area contributed by atoms with Gasteiger partial charge in [-0.3, -0.25) is 9.59 Å². The van der Waals surface area contributed by atoms with E-state index in [0.717, 1.165) is 31.2 Å². The SMILES string of the molecule is CCCCCCCCCCCCCCCCCC(=O)OCC(COCc1ccccc1)OC(=O)CCCCCCCCCCCCCCCCC. The van der Waals surface area contributed by atoms with Gasteiger partial charge in [0.25, 0.3) is 0 Å². The summed E-state index contributed by atoms with van der Waals surface area (Å²) in [5.74, 6) is -0.437. The fourth-order valence-electron chi connectivity index (χ4n) is 6.78. The zero-order chi connectivity index (χ0) is 36.7. The van der Waals surface area contributed by atoms with E-state index in [1.54, 1.807) is 0 Å². The molecule has 0 saturated carbocycles. The van der Waals surface area contributed by atoms with Gasteiger partial charge in [-0.05, 0) is 18.4 Å². The van der Waals surface area contributed by atoms with Gasteiger partial charge in [0, 0.05) is 12.8 Å². The zero-order valence-electron chi connectivity index (χ0n) is 33.8. The molecule has 0 spiro atoms. The molecule has 0 radical (unpaired) electrons. The maximum atomic E-state index is 12.7. The molecule has 0 aliphatic carbocycles. The average Bonchev–Trinajstić information content (AvgIpc) is 3.14. The Bertz CT molecular complexity index is 872. The van der Waals surface area contributed by atoms with Gasteiger partial charge in [0.15, 0.2) is 6.10 Å². The molecule has 1 aromatic carbocycles. The number of carbonyl (C=O) groups excluding carboxylic acids is 2. The second-order valence-corrected chi connectivity index (χ2v) is 15.2. The number of carbonyl (C=O) groups is 2. The van der Waals surface area contributed by atoms with Crippen LogP contribution in [0.25, 0.3) is 0 Å². The fourth-order valence-corrected chi connectivity index (χ4v) is 6.78. The molecule has 296 valence electrons. The minimum absolute atomic E-state index is 0.0525. The highest BCUT2D eigenvalue weighted by molar-refractivity contribution is 5.70. The summed E-state index contributed by atoms with van der Waals surface area (Å²) in [6.45, 7) is 5.25. The summed E-state index contributed by atoms with van der Waals surface area (Å²) in [6, 6.07) is 9.95. The minimum Gasteiger partial charge on any atom is -0.462 e. The van der Waals surface area contributed by atoms with Gasteiger partial charge < -0.3 is 14.2 Å². The quantitative estimate of drug-likeness (QED) is 0.0502. The van der Waals surface area contributed by atoms with Crippen molar-refractivity contribution in [3.63, 3.8) is 0 Å². The van der Waals surface area contributed by atoms with Gasteiger partial charge >= 0.3 is 11.9 Å². The summed E-state index contributed by atoms with van der Waals surface area (Å²) < 4.78 is 17.2. The van der Waals surface area contributed by atoms with Crippen molar-refractivity contribution in [3.8, 4) is 0 Å². The highest BCUT2D eigenvalue weighted by Gasteiger charge is 2.18. The van der Waals surface area contributed by atoms with E-state index < -0.39 is 6.10 Å². The predicted octanol–water partition coefficient (Wildman–Crippen LogP) is 14.2. The second kappa shape index (κ2) is 37.9. The number of benzene rings is 1. The van der Waals surface area contributed by atoms with Crippen LogP contribution in [-0.2, 0) is 30.4 Å². The van der Waals surface area contributed by atoms with Crippen LogP contribution in [0.5, 0.6) is 0 Å². The molecule has 0 aliphatic heterocycles. The Morgan fingerprint density at radius 2 is 0.804 bits per heavy atom. The van der Waals surface area contributed by atoms with Crippen molar-refractivity contribution < 1.29 is 23.8 Å². The fraction of sp³-hybridized carbons (Fsp3) is 0.826. The largest absolute Gasteiger partial charge is 0.462 e. The van der Waals surface area contributed by atoms with E-state index in [0.29, 0.717) is 19.4 Å². The molecule has 0 N–H and O–H groups in total. The first-order valence-electron chi connectivity index (χ1n) is 22.1. The van der Waals surface area contributed by atoms with Gasteiger partial charge in [0.1, 0.15) is 6.61 Å². The molecule has 0 fully saturated rings. The van der Waals surface area contributed by atoms with Crippen LogP contribution < -0.4 is 0 Å². The van der Waals surface area contributed by atoms with Crippen LogP contribution in [0.3, 0.4) is 0 Å². The molecule has 1 rings (SSSR count). The van der Waals surface area contributed by atoms with Crippen LogP contribution in [0.15, 0.2) is 30.3 Å². The number of hydrogen-bond donors (Lipinski definition) is 0. The Kier molecular flexibility index (Phi) is 35.0. The molecule has 0 amide bonds. The van der Waals surface area contributed by atoms with Gasteiger partial charge in [-0.15, -0.1) is 0 Å². The Hall–Kier alpha value is -1.88. The summed E-state index contributed by atoms with van der Waals surface area (Å²) in [4.78, 5) is 25.2. The summed E-state index contributed by atoms with van der Waals surface area (Å²) >= 11 is 0. The molecule has 1 atom stereocenters. The van der Waals surface area contributed by atoms with Crippen molar-refractivity contribution in [2.75, 3.05) is 13.2 Å². The molecule has 0 aliphatic rings. The van der Waals surface area contributed by atoms with E-state index in [1.807, 2.05) is 30.3 Å². The number of unbranched alkanes of at least 4 members (excludes halogenated alkanes) is 28. The number of hydrogen-bond acceptors (Lipinski definition) is 5. The lowest BCUT2D eigenvalue weighted by atomic mass is 10.0. The van der Waals surface area contributed by atoms with Crippen LogP contribution in [-0.4, -0.2) is 31.3 Å². The molecule has 0 heterocycles. The third-order valence-corrected chi connectivity index (χ3v) is 10.1. The van der Waals surface area contributed by atoms with Crippen molar-refractivity contribution in [3.05, 3.63) is 35.9 Å². The molecule has 5 nitrogen and oxygen atoms in total. The summed E-state index contributed by atoms with van der Waals surface area (Å²) in [5.41, 5.74) is 1.06. The molecule has 0 bridgehead atoms. The van der Waals surface area contributed by atoms with E-state index in [1.165, 1.54) is 167 Å². The minimum atomic E-state index is -0.581. The third-order valence-electron chi connectivity index (χ3n) is 10.1. The van der Waals surface area contributed by atoms with Crippen LogP contribution in [0.2, 0.25) is 0 Å². The Morgan fingerprint density at radius 1 is 0.451 bits per heavy atom. The van der Waals surface area contributed by atoms with E-state index in [4.69, 9.17) is 14.2 Å². The zero-order valence-corrected chi connectivity index (χ0v) is 33.8. The first-order valence-corrected chi connectivity index (χ1v) is 22.1. The lowest BCUT2D eigenvalue weighted by Crippen LogP contribution is -2.29. The monoisotopic (exact) mass is 715 g/mol. The topological polar surface area (TPSA) is 61.8 Å². The molecule has 51 heavy (non-hydrogen) atoms. The van der Waals surface area contributed by atoms with Crippen molar-refractivity contribution in [1.29, 1.82) is 0 Å². The van der Waals surface area contributed by atoms with Gasteiger partial charge in [-0.1, -0.05) is 224 Å². The highest BCUT2D eigenvalue weighted by Crippen LogP contribution is 2.16. The van der Waals surface area contributed by atoms with Gasteiger partial charge in [-0.2, -0.15) is 0 Å². The van der Waals surface area contributed by atoms with Gasteiger partial charge in [0.2, 0.25) is 0 Å². The Morgan fingerprint density at radius 3 is 1.20 bits per heavy atom. The summed E-state index contributed by atoms with van der Waals surface area (Å²) in [5, 5.41) is 0. The summed E-state index contributed by atoms with van der Waals surface area (Å²) in [6.07, 6.45) is 39.2. The number of esters is 2. The van der Waals surface area contributed by atoms with Crippen LogP contribution in [0.4, 0.5) is 0 Å². The Labute approximate surface area is 316 Å². The van der Waals surface area contributed by atoms with E-state index in [-0.39, 0.29) is 25.2 Å². The Balaban J connectivity index is 2.13. The first-order chi connectivity index (χ1) is 25.2. The van der Waals surface area contributed by atoms with Crippen molar-refractivity contribution >= 4 is 11.9 Å². The lowest BCUT2D eigenvalue weighted by molar-refractivity contribution is -0.163. The maximum absolute atomic E-state index is 12.7. The van der Waals surface area contributed by atoms with Crippen LogP contribution >= 0.6 is 0 Å². The van der Waals surface area contributed by atoms with Crippen molar-refractivity contribution in [2.45, 2.75) is 232 Å². The molecular formula is C46H82O5. The van der Waals surface area contributed by atoms with E-state index in [2.05, 4.69) is 13.8 Å². The average molecular weight is 715 g/mol. The normalized spacial score (nSPS) is 11.9. The molecule has 1 aromatic rings. The second-order valence-electron chi connectivity index (χ2n) is 15.2. The molecule has 0 aromatic heterocycles. The number of rotatable bonds is 39. The third kappa shape index (κ3) is 33.7. The van der Waals surface area contributed by atoms with Gasteiger partial charge in [-0.25, -0.2) is 0 Å². The van der Waals surface area contributed by atoms with Crippen molar-refractivity contribution in [2.24, 2.45) is 0 Å². The van der Waals surface area contributed by atoms with E-state index in [9.17, 15) is 9.59 Å². The van der Waals surface area contributed by atoms with Crippen molar-refractivity contribution in [1.82, 2.24) is 0 Å². The smallest absolute Gasteiger partial charge is 0.306 e. The molecule has 0 saturated heterocycles.